The third-order valence-electron chi connectivity index (χ3n) is 3.89. The van der Waals surface area contributed by atoms with Crippen LogP contribution in [0.3, 0.4) is 0 Å². The Morgan fingerprint density at radius 1 is 1.00 bits per heavy atom. The van der Waals surface area contributed by atoms with E-state index in [2.05, 4.69) is 4.72 Å². The molecule has 0 spiro atoms. The van der Waals surface area contributed by atoms with Gasteiger partial charge >= 0.3 is 0 Å². The van der Waals surface area contributed by atoms with Crippen molar-refractivity contribution in [1.29, 1.82) is 0 Å². The summed E-state index contributed by atoms with van der Waals surface area (Å²) in [7, 11) is -3.69. The SMILES string of the molecule is CC(=O)c1ccc(NS(=O)(=O)c2cc(C(C)(C)C)ccc2C)cc1. The summed E-state index contributed by atoms with van der Waals surface area (Å²) in [5, 5.41) is 0. The zero-order valence-corrected chi connectivity index (χ0v) is 15.5. The van der Waals surface area contributed by atoms with Gasteiger partial charge in [-0.3, -0.25) is 9.52 Å². The molecule has 0 aromatic heterocycles. The number of hydrogen-bond donors (Lipinski definition) is 1. The topological polar surface area (TPSA) is 63.2 Å². The van der Waals surface area contributed by atoms with Gasteiger partial charge in [-0.2, -0.15) is 0 Å². The first kappa shape index (κ1) is 18.2. The predicted octanol–water partition coefficient (Wildman–Crippen LogP) is 4.30. The van der Waals surface area contributed by atoms with Crippen LogP contribution in [0.25, 0.3) is 0 Å². The van der Waals surface area contributed by atoms with E-state index < -0.39 is 10.0 Å². The summed E-state index contributed by atoms with van der Waals surface area (Å²) in [5.41, 5.74) is 2.49. The average molecular weight is 345 g/mol. The van der Waals surface area contributed by atoms with Gasteiger partial charge in [0.25, 0.3) is 10.0 Å². The highest BCUT2D eigenvalue weighted by molar-refractivity contribution is 7.92. The molecule has 1 N–H and O–H groups in total. The van der Waals surface area contributed by atoms with Crippen molar-refractivity contribution in [3.05, 3.63) is 59.2 Å². The summed E-state index contributed by atoms with van der Waals surface area (Å²) in [5.74, 6) is -0.0573. The van der Waals surface area contributed by atoms with E-state index in [0.29, 0.717) is 16.8 Å². The number of carbonyl (C=O) groups is 1. The van der Waals surface area contributed by atoms with Crippen LogP contribution in [-0.2, 0) is 15.4 Å². The monoisotopic (exact) mass is 345 g/mol. The fourth-order valence-electron chi connectivity index (χ4n) is 2.34. The average Bonchev–Trinajstić information content (AvgIpc) is 2.46. The normalized spacial score (nSPS) is 12.0. The van der Waals surface area contributed by atoms with Crippen LogP contribution >= 0.6 is 0 Å². The lowest BCUT2D eigenvalue weighted by Crippen LogP contribution is -2.17. The largest absolute Gasteiger partial charge is 0.295 e. The molecule has 0 fully saturated rings. The molecule has 0 bridgehead atoms. The fourth-order valence-corrected chi connectivity index (χ4v) is 3.67. The van der Waals surface area contributed by atoms with E-state index >= 15 is 0 Å². The minimum absolute atomic E-state index is 0.0573. The molecular formula is C19H23NO3S. The van der Waals surface area contributed by atoms with Gasteiger partial charge in [-0.05, 0) is 60.7 Å². The molecule has 0 aliphatic carbocycles. The number of nitrogens with one attached hydrogen (secondary N) is 1. The number of benzene rings is 2. The van der Waals surface area contributed by atoms with E-state index in [1.165, 1.54) is 6.92 Å². The fraction of sp³-hybridized carbons (Fsp3) is 0.316. The lowest BCUT2D eigenvalue weighted by molar-refractivity contribution is 0.101. The van der Waals surface area contributed by atoms with Crippen molar-refractivity contribution in [2.75, 3.05) is 4.72 Å². The second kappa shape index (κ2) is 6.40. The Morgan fingerprint density at radius 3 is 2.08 bits per heavy atom. The number of ketones is 1. The quantitative estimate of drug-likeness (QED) is 0.841. The summed E-state index contributed by atoms with van der Waals surface area (Å²) >= 11 is 0. The first-order chi connectivity index (χ1) is 11.0. The van der Waals surface area contributed by atoms with Crippen molar-refractivity contribution in [3.63, 3.8) is 0 Å². The van der Waals surface area contributed by atoms with Gasteiger partial charge in [0.2, 0.25) is 0 Å². The summed E-state index contributed by atoms with van der Waals surface area (Å²) in [6.45, 7) is 9.38. The highest BCUT2D eigenvalue weighted by Crippen LogP contribution is 2.27. The lowest BCUT2D eigenvalue weighted by atomic mass is 9.87. The van der Waals surface area contributed by atoms with Gasteiger partial charge in [-0.15, -0.1) is 0 Å². The maximum absolute atomic E-state index is 12.7. The van der Waals surface area contributed by atoms with Crippen LogP contribution in [0.1, 0.15) is 49.2 Å². The third-order valence-corrected chi connectivity index (χ3v) is 5.41. The molecule has 0 amide bonds. The van der Waals surface area contributed by atoms with E-state index in [4.69, 9.17) is 0 Å². The first-order valence-corrected chi connectivity index (χ1v) is 9.24. The molecule has 2 rings (SSSR count). The lowest BCUT2D eigenvalue weighted by Gasteiger charge is -2.21. The smallest absolute Gasteiger partial charge is 0.262 e. The Kier molecular flexibility index (Phi) is 4.85. The Labute approximate surface area is 144 Å². The van der Waals surface area contributed by atoms with Crippen LogP contribution in [0.5, 0.6) is 0 Å². The van der Waals surface area contributed by atoms with E-state index in [1.807, 2.05) is 32.9 Å². The summed E-state index contributed by atoms with van der Waals surface area (Å²) in [4.78, 5) is 11.6. The third kappa shape index (κ3) is 4.03. The highest BCUT2D eigenvalue weighted by Gasteiger charge is 2.21. The Balaban J connectivity index is 2.38. The number of Topliss-reactive ketones (excluding diaryl/α,β-unsaturated/α-hetero) is 1. The maximum atomic E-state index is 12.7. The van der Waals surface area contributed by atoms with Crippen molar-refractivity contribution < 1.29 is 13.2 Å². The van der Waals surface area contributed by atoms with Gasteiger partial charge in [0.05, 0.1) is 4.90 Å². The number of sulfonamides is 1. The zero-order valence-electron chi connectivity index (χ0n) is 14.7. The molecule has 0 aliphatic rings. The molecule has 0 aliphatic heterocycles. The zero-order chi connectivity index (χ0) is 18.1. The Bertz CT molecular complexity index is 860. The van der Waals surface area contributed by atoms with Crippen molar-refractivity contribution in [2.45, 2.75) is 44.9 Å². The molecule has 0 saturated heterocycles. The molecular weight excluding hydrogens is 322 g/mol. The molecule has 0 atom stereocenters. The van der Waals surface area contributed by atoms with Crippen molar-refractivity contribution in [2.24, 2.45) is 0 Å². The van der Waals surface area contributed by atoms with Gasteiger partial charge in [-0.25, -0.2) is 8.42 Å². The Hall–Kier alpha value is -2.14. The standard InChI is InChI=1S/C19H23NO3S/c1-13-6-9-16(19(3,4)5)12-18(13)24(22,23)20-17-10-7-15(8-11-17)14(2)21/h6-12,20H,1-5H3. The predicted molar refractivity (Wildman–Crippen MR) is 97.1 cm³/mol. The van der Waals surface area contributed by atoms with Gasteiger partial charge in [0.15, 0.2) is 5.78 Å². The molecule has 2 aromatic carbocycles. The summed E-state index contributed by atoms with van der Waals surface area (Å²) in [6, 6.07) is 11.9. The first-order valence-electron chi connectivity index (χ1n) is 7.76. The molecule has 0 radical (unpaired) electrons. The van der Waals surface area contributed by atoms with Crippen LogP contribution in [0.2, 0.25) is 0 Å². The van der Waals surface area contributed by atoms with E-state index in [0.717, 1.165) is 5.56 Å². The molecule has 128 valence electrons. The second-order valence-electron chi connectivity index (χ2n) is 6.97. The van der Waals surface area contributed by atoms with Gasteiger partial charge < -0.3 is 0 Å². The van der Waals surface area contributed by atoms with E-state index in [1.54, 1.807) is 37.3 Å². The van der Waals surface area contributed by atoms with Gasteiger partial charge in [0.1, 0.15) is 0 Å². The maximum Gasteiger partial charge on any atom is 0.262 e. The van der Waals surface area contributed by atoms with E-state index in [9.17, 15) is 13.2 Å². The number of anilines is 1. The Morgan fingerprint density at radius 2 is 1.58 bits per heavy atom. The molecule has 0 saturated carbocycles. The van der Waals surface area contributed by atoms with Crippen LogP contribution in [0, 0.1) is 6.92 Å². The summed E-state index contributed by atoms with van der Waals surface area (Å²) < 4.78 is 28.1. The number of hydrogen-bond acceptors (Lipinski definition) is 3. The molecule has 24 heavy (non-hydrogen) atoms. The van der Waals surface area contributed by atoms with Crippen LogP contribution in [0.4, 0.5) is 5.69 Å². The highest BCUT2D eigenvalue weighted by atomic mass is 32.2. The number of aryl methyl sites for hydroxylation is 1. The molecule has 2 aromatic rings. The van der Waals surface area contributed by atoms with Crippen molar-refractivity contribution in [3.8, 4) is 0 Å². The van der Waals surface area contributed by atoms with Crippen LogP contribution < -0.4 is 4.72 Å². The summed E-state index contributed by atoms with van der Waals surface area (Å²) in [6.07, 6.45) is 0. The number of carbonyl (C=O) groups excluding carboxylic acids is 1. The minimum Gasteiger partial charge on any atom is -0.295 e. The van der Waals surface area contributed by atoms with E-state index in [-0.39, 0.29) is 16.1 Å². The molecule has 4 nitrogen and oxygen atoms in total. The van der Waals surface area contributed by atoms with Crippen LogP contribution in [0.15, 0.2) is 47.4 Å². The van der Waals surface area contributed by atoms with Crippen molar-refractivity contribution in [1.82, 2.24) is 0 Å². The molecule has 0 heterocycles. The second-order valence-corrected chi connectivity index (χ2v) is 8.62. The number of rotatable bonds is 4. The molecule has 0 unspecified atom stereocenters. The molecule has 5 heteroatoms. The van der Waals surface area contributed by atoms with Crippen molar-refractivity contribution >= 4 is 21.5 Å². The van der Waals surface area contributed by atoms with Gasteiger partial charge in [0, 0.05) is 11.3 Å². The van der Waals surface area contributed by atoms with Crippen LogP contribution in [-0.4, -0.2) is 14.2 Å². The minimum atomic E-state index is -3.69. The van der Waals surface area contributed by atoms with Gasteiger partial charge in [-0.1, -0.05) is 32.9 Å².